The number of hydrogen-bond donors (Lipinski definition) is 2. The summed E-state index contributed by atoms with van der Waals surface area (Å²) in [5, 5.41) is 9.87. The van der Waals surface area contributed by atoms with Gasteiger partial charge in [0.15, 0.2) is 0 Å². The van der Waals surface area contributed by atoms with Crippen LogP contribution in [0, 0.1) is 0 Å². The summed E-state index contributed by atoms with van der Waals surface area (Å²) in [5.74, 6) is -0.818. The predicted molar refractivity (Wildman–Crippen MR) is 127 cm³/mol. The molecule has 2 N–H and O–H groups in total. The monoisotopic (exact) mass is 491 g/mol. The minimum Gasteiger partial charge on any atom is -0.481 e. The first-order valence-electron chi connectivity index (χ1n) is 10.1. The highest BCUT2D eigenvalue weighted by Gasteiger charge is 2.22. The number of carboxylic acid groups (broad SMARTS) is 1. The van der Waals surface area contributed by atoms with Gasteiger partial charge in [-0.15, -0.1) is 0 Å². The van der Waals surface area contributed by atoms with Crippen LogP contribution in [0.4, 0.5) is 0 Å². The van der Waals surface area contributed by atoms with Crippen LogP contribution in [0.5, 0.6) is 0 Å². The summed E-state index contributed by atoms with van der Waals surface area (Å²) in [5.41, 5.74) is 2.74. The van der Waals surface area contributed by atoms with Crippen LogP contribution in [0.1, 0.15) is 35.6 Å². The van der Waals surface area contributed by atoms with Gasteiger partial charge in [-0.05, 0) is 72.4 Å². The number of carboxylic acids is 1. The first-order chi connectivity index (χ1) is 15.2. The number of aliphatic carboxylic acids is 1. The summed E-state index contributed by atoms with van der Waals surface area (Å²) in [6, 6.07) is 20.3. The average Bonchev–Trinajstić information content (AvgIpc) is 2.75. The molecule has 1 unspecified atom stereocenters. The Morgan fingerprint density at radius 3 is 1.94 bits per heavy atom. The molecule has 3 rings (SSSR count). The van der Waals surface area contributed by atoms with Gasteiger partial charge in [0, 0.05) is 16.5 Å². The second-order valence-electron chi connectivity index (χ2n) is 7.45. The highest BCUT2D eigenvalue weighted by atomic mass is 35.5. The summed E-state index contributed by atoms with van der Waals surface area (Å²) < 4.78 is 28.8. The van der Waals surface area contributed by atoms with Crippen molar-refractivity contribution in [1.82, 2.24) is 4.72 Å². The molecule has 0 saturated heterocycles. The van der Waals surface area contributed by atoms with Crippen molar-refractivity contribution in [2.24, 2.45) is 0 Å². The first kappa shape index (κ1) is 24.3. The van der Waals surface area contributed by atoms with Crippen LogP contribution in [-0.4, -0.2) is 19.5 Å². The van der Waals surface area contributed by atoms with Gasteiger partial charge in [-0.3, -0.25) is 4.79 Å². The Labute approximate surface area is 198 Å². The molecular formula is C24H23Cl2NO4S. The van der Waals surface area contributed by atoms with Crippen molar-refractivity contribution in [3.8, 4) is 0 Å². The number of aryl methyl sites for hydroxylation is 1. The number of sulfonamides is 1. The van der Waals surface area contributed by atoms with E-state index in [2.05, 4.69) is 4.72 Å². The fraction of sp³-hybridized carbons (Fsp3) is 0.208. The molecule has 8 heteroatoms. The Morgan fingerprint density at radius 1 is 0.844 bits per heavy atom. The predicted octanol–water partition coefficient (Wildman–Crippen LogP) is 5.66. The Kier molecular flexibility index (Phi) is 8.32. The lowest BCUT2D eigenvalue weighted by Gasteiger charge is -2.20. The molecule has 0 saturated carbocycles. The third kappa shape index (κ3) is 7.07. The maximum absolute atomic E-state index is 13.0. The molecule has 0 heterocycles. The zero-order chi connectivity index (χ0) is 23.1. The van der Waals surface area contributed by atoms with Crippen molar-refractivity contribution in [2.75, 3.05) is 0 Å². The maximum Gasteiger partial charge on any atom is 0.303 e. The minimum atomic E-state index is -3.79. The molecule has 5 nitrogen and oxygen atoms in total. The molecule has 168 valence electrons. The lowest BCUT2D eigenvalue weighted by molar-refractivity contribution is -0.137. The molecule has 0 aliphatic rings. The summed E-state index contributed by atoms with van der Waals surface area (Å²) >= 11 is 11.9. The van der Waals surface area contributed by atoms with Crippen LogP contribution in [0.25, 0.3) is 0 Å². The van der Waals surface area contributed by atoms with Gasteiger partial charge in [0.2, 0.25) is 10.0 Å². The number of halogens is 2. The van der Waals surface area contributed by atoms with Gasteiger partial charge in [-0.2, -0.15) is 0 Å². The molecule has 3 aromatic carbocycles. The van der Waals surface area contributed by atoms with E-state index in [1.165, 1.54) is 24.3 Å². The van der Waals surface area contributed by atoms with Crippen molar-refractivity contribution in [2.45, 2.75) is 36.6 Å². The van der Waals surface area contributed by atoms with Crippen molar-refractivity contribution >= 4 is 39.2 Å². The van der Waals surface area contributed by atoms with Gasteiger partial charge in [-0.1, -0.05) is 59.6 Å². The van der Waals surface area contributed by atoms with Crippen molar-refractivity contribution in [3.63, 3.8) is 0 Å². The number of carbonyl (C=O) groups is 1. The van der Waals surface area contributed by atoms with Crippen LogP contribution < -0.4 is 4.72 Å². The van der Waals surface area contributed by atoms with Gasteiger partial charge >= 0.3 is 5.97 Å². The van der Waals surface area contributed by atoms with E-state index in [-0.39, 0.29) is 11.3 Å². The molecular weight excluding hydrogens is 469 g/mol. The zero-order valence-corrected chi connectivity index (χ0v) is 19.5. The van der Waals surface area contributed by atoms with Gasteiger partial charge in [-0.25, -0.2) is 13.1 Å². The van der Waals surface area contributed by atoms with Crippen LogP contribution in [-0.2, 0) is 27.7 Å². The van der Waals surface area contributed by atoms with Gasteiger partial charge in [0.25, 0.3) is 0 Å². The van der Waals surface area contributed by atoms with Gasteiger partial charge < -0.3 is 5.11 Å². The van der Waals surface area contributed by atoms with E-state index in [1.807, 2.05) is 36.4 Å². The third-order valence-corrected chi connectivity index (χ3v) is 7.00. The normalized spacial score (nSPS) is 12.4. The van der Waals surface area contributed by atoms with E-state index >= 15 is 0 Å². The second kappa shape index (κ2) is 11.0. The molecule has 0 amide bonds. The fourth-order valence-electron chi connectivity index (χ4n) is 3.31. The lowest BCUT2D eigenvalue weighted by atomic mass is 9.97. The third-order valence-electron chi connectivity index (χ3n) is 5.01. The smallest absolute Gasteiger partial charge is 0.303 e. The molecule has 3 aromatic rings. The van der Waals surface area contributed by atoms with Crippen molar-refractivity contribution in [1.29, 1.82) is 0 Å². The van der Waals surface area contributed by atoms with Crippen LogP contribution in [0.2, 0.25) is 10.0 Å². The van der Waals surface area contributed by atoms with E-state index in [0.717, 1.165) is 16.7 Å². The van der Waals surface area contributed by atoms with Crippen molar-refractivity contribution < 1.29 is 18.3 Å². The fourth-order valence-corrected chi connectivity index (χ4v) is 4.79. The summed E-state index contributed by atoms with van der Waals surface area (Å²) in [7, 11) is -3.79. The summed E-state index contributed by atoms with van der Waals surface area (Å²) in [6.45, 7) is 0. The Hall–Kier alpha value is -2.38. The maximum atomic E-state index is 13.0. The Bertz CT molecular complexity index is 1150. The number of hydrogen-bond acceptors (Lipinski definition) is 3. The standard InChI is InChI=1S/C24H23Cl2NO4S/c25-20-10-6-18(7-11-20)16-23(27-32(30,31)22-14-12-21(26)13-15-22)19-8-4-17(5-9-19)2-1-3-24(28)29/h4-15,23,27H,1-3,16H2,(H,28,29). The number of benzene rings is 3. The molecule has 0 fully saturated rings. The SMILES string of the molecule is O=C(O)CCCc1ccc(C(Cc2ccc(Cl)cc2)NS(=O)(=O)c2ccc(Cl)cc2)cc1. The van der Waals surface area contributed by atoms with E-state index < -0.39 is 22.0 Å². The van der Waals surface area contributed by atoms with E-state index in [4.69, 9.17) is 28.3 Å². The number of rotatable bonds is 10. The quantitative estimate of drug-likeness (QED) is 0.383. The topological polar surface area (TPSA) is 83.5 Å². The molecule has 0 aromatic heterocycles. The van der Waals surface area contributed by atoms with Crippen molar-refractivity contribution in [3.05, 3.63) is 99.5 Å². The zero-order valence-electron chi connectivity index (χ0n) is 17.2. The van der Waals surface area contributed by atoms with Crippen LogP contribution in [0.15, 0.2) is 77.7 Å². The summed E-state index contributed by atoms with van der Waals surface area (Å²) in [4.78, 5) is 10.8. The molecule has 0 aliphatic carbocycles. The van der Waals surface area contributed by atoms with Crippen LogP contribution in [0.3, 0.4) is 0 Å². The minimum absolute atomic E-state index is 0.113. The molecule has 0 radical (unpaired) electrons. The summed E-state index contributed by atoms with van der Waals surface area (Å²) in [6.07, 6.45) is 1.74. The Balaban J connectivity index is 1.84. The van der Waals surface area contributed by atoms with E-state index in [0.29, 0.717) is 29.3 Å². The van der Waals surface area contributed by atoms with Gasteiger partial charge in [0.1, 0.15) is 0 Å². The second-order valence-corrected chi connectivity index (χ2v) is 10.0. The Morgan fingerprint density at radius 2 is 1.38 bits per heavy atom. The first-order valence-corrected chi connectivity index (χ1v) is 12.3. The van der Waals surface area contributed by atoms with E-state index in [1.54, 1.807) is 12.1 Å². The molecule has 0 aliphatic heterocycles. The number of nitrogens with one attached hydrogen (secondary N) is 1. The highest BCUT2D eigenvalue weighted by molar-refractivity contribution is 7.89. The highest BCUT2D eigenvalue weighted by Crippen LogP contribution is 2.24. The van der Waals surface area contributed by atoms with E-state index in [9.17, 15) is 13.2 Å². The van der Waals surface area contributed by atoms with Gasteiger partial charge in [0.05, 0.1) is 10.9 Å². The molecule has 32 heavy (non-hydrogen) atoms. The lowest BCUT2D eigenvalue weighted by Crippen LogP contribution is -2.30. The molecule has 0 bridgehead atoms. The molecule has 0 spiro atoms. The molecule has 1 atom stereocenters. The largest absolute Gasteiger partial charge is 0.481 e. The average molecular weight is 492 g/mol. The van der Waals surface area contributed by atoms with Crippen LogP contribution >= 0.6 is 23.2 Å².